The zero-order chi connectivity index (χ0) is 14.4. The van der Waals surface area contributed by atoms with Gasteiger partial charge in [0.05, 0.1) is 0 Å². The van der Waals surface area contributed by atoms with Gasteiger partial charge in [-0.15, -0.1) is 0 Å². The monoisotopic (exact) mass is 262 g/mol. The van der Waals surface area contributed by atoms with Crippen molar-refractivity contribution in [1.82, 2.24) is 0 Å². The number of fused-ring (bicyclic) bond motifs is 1. The van der Waals surface area contributed by atoms with Gasteiger partial charge in [-0.25, -0.2) is 0 Å². The van der Waals surface area contributed by atoms with Gasteiger partial charge in [0.2, 0.25) is 0 Å². The number of hydrogen-bond donors (Lipinski definition) is 0. The highest BCUT2D eigenvalue weighted by molar-refractivity contribution is 5.83. The number of benzene rings is 2. The Kier molecular flexibility index (Phi) is 4.95. The van der Waals surface area contributed by atoms with Crippen molar-refractivity contribution in [2.45, 2.75) is 27.2 Å². The van der Waals surface area contributed by atoms with E-state index in [0.717, 1.165) is 6.42 Å². The van der Waals surface area contributed by atoms with E-state index in [9.17, 15) is 0 Å². The lowest BCUT2D eigenvalue weighted by Gasteiger charge is -2.12. The molecule has 0 heterocycles. The average Bonchev–Trinajstić information content (AvgIpc) is 2.77. The maximum Gasteiger partial charge on any atom is -0.0105 e. The van der Waals surface area contributed by atoms with Crippen LogP contribution in [-0.2, 0) is 0 Å². The summed E-state index contributed by atoms with van der Waals surface area (Å²) in [5, 5.41) is 0. The Morgan fingerprint density at radius 1 is 0.750 bits per heavy atom. The van der Waals surface area contributed by atoms with Gasteiger partial charge in [-0.2, -0.15) is 0 Å². The Morgan fingerprint density at radius 2 is 1.40 bits per heavy atom. The largest absolute Gasteiger partial charge is 0.0801 e. The summed E-state index contributed by atoms with van der Waals surface area (Å²) in [4.78, 5) is 0. The van der Waals surface area contributed by atoms with Gasteiger partial charge in [0.1, 0.15) is 0 Å². The van der Waals surface area contributed by atoms with Gasteiger partial charge >= 0.3 is 0 Å². The van der Waals surface area contributed by atoms with Gasteiger partial charge in [-0.05, 0) is 41.2 Å². The van der Waals surface area contributed by atoms with Crippen molar-refractivity contribution in [2.75, 3.05) is 0 Å². The van der Waals surface area contributed by atoms with Crippen LogP contribution in [-0.4, -0.2) is 0 Å². The molecule has 0 spiro atoms. The van der Waals surface area contributed by atoms with Gasteiger partial charge in [0, 0.05) is 0 Å². The van der Waals surface area contributed by atoms with Crippen molar-refractivity contribution in [2.24, 2.45) is 0 Å². The van der Waals surface area contributed by atoms with Crippen LogP contribution in [0, 0.1) is 6.92 Å². The standard InChI is InChI=1S/C18H16.C2H6/c1-14-12-13-17(15-8-4-2-5-9-15)18-11-7-3-6-10-16(14)18;1-2/h2,4-13H,3H2,1H3;1-2H3. The van der Waals surface area contributed by atoms with E-state index < -0.39 is 0 Å². The molecule has 1 aliphatic carbocycles. The Balaban J connectivity index is 0.000000704. The van der Waals surface area contributed by atoms with Gasteiger partial charge in [0.15, 0.2) is 0 Å². The van der Waals surface area contributed by atoms with E-state index in [0.29, 0.717) is 0 Å². The maximum absolute atomic E-state index is 2.25. The summed E-state index contributed by atoms with van der Waals surface area (Å²) >= 11 is 0. The van der Waals surface area contributed by atoms with E-state index in [4.69, 9.17) is 0 Å². The van der Waals surface area contributed by atoms with Crippen molar-refractivity contribution in [1.29, 1.82) is 0 Å². The molecule has 0 aromatic heterocycles. The summed E-state index contributed by atoms with van der Waals surface area (Å²) < 4.78 is 0. The Morgan fingerprint density at radius 3 is 2.10 bits per heavy atom. The van der Waals surface area contributed by atoms with E-state index in [1.165, 1.54) is 27.8 Å². The summed E-state index contributed by atoms with van der Waals surface area (Å²) in [6, 6.07) is 15.0. The molecule has 1 aliphatic rings. The SMILES string of the molecule is CC.Cc1ccc(-c2ccccc2)c2c1C=CCC=C2. The number of aryl methyl sites for hydroxylation is 1. The predicted molar refractivity (Wildman–Crippen MR) is 90.6 cm³/mol. The molecule has 0 heteroatoms. The van der Waals surface area contributed by atoms with Crippen molar-refractivity contribution in [3.63, 3.8) is 0 Å². The molecule has 0 bridgehead atoms. The van der Waals surface area contributed by atoms with Crippen molar-refractivity contribution in [3.05, 3.63) is 71.3 Å². The lowest BCUT2D eigenvalue weighted by molar-refractivity contribution is 1.42. The van der Waals surface area contributed by atoms with Crippen LogP contribution in [0.5, 0.6) is 0 Å². The third-order valence-corrected chi connectivity index (χ3v) is 3.43. The summed E-state index contributed by atoms with van der Waals surface area (Å²) in [6.07, 6.45) is 9.97. The minimum Gasteiger partial charge on any atom is -0.0801 e. The average molecular weight is 262 g/mol. The van der Waals surface area contributed by atoms with Crippen LogP contribution in [0.25, 0.3) is 23.3 Å². The van der Waals surface area contributed by atoms with E-state index in [2.05, 4.69) is 73.7 Å². The van der Waals surface area contributed by atoms with Crippen LogP contribution in [0.4, 0.5) is 0 Å². The molecule has 0 aliphatic heterocycles. The van der Waals surface area contributed by atoms with E-state index in [1.54, 1.807) is 0 Å². The molecule has 0 radical (unpaired) electrons. The zero-order valence-corrected chi connectivity index (χ0v) is 12.6. The third kappa shape index (κ3) is 2.91. The van der Waals surface area contributed by atoms with E-state index in [-0.39, 0.29) is 0 Å². The van der Waals surface area contributed by atoms with Gasteiger partial charge in [-0.1, -0.05) is 80.6 Å². The molecule has 2 aromatic carbocycles. The predicted octanol–water partition coefficient (Wildman–Crippen LogP) is 6.12. The molecule has 0 saturated carbocycles. The smallest absolute Gasteiger partial charge is 0.0105 e. The highest BCUT2D eigenvalue weighted by Gasteiger charge is 2.09. The van der Waals surface area contributed by atoms with Crippen molar-refractivity contribution in [3.8, 4) is 11.1 Å². The Labute approximate surface area is 122 Å². The fourth-order valence-corrected chi connectivity index (χ4v) is 2.47. The summed E-state index contributed by atoms with van der Waals surface area (Å²) in [7, 11) is 0. The van der Waals surface area contributed by atoms with Crippen LogP contribution in [0.3, 0.4) is 0 Å². The molecule has 20 heavy (non-hydrogen) atoms. The third-order valence-electron chi connectivity index (χ3n) is 3.43. The first-order valence-electron chi connectivity index (χ1n) is 7.38. The zero-order valence-electron chi connectivity index (χ0n) is 12.6. The molecular weight excluding hydrogens is 240 g/mol. The minimum absolute atomic E-state index is 1.02. The minimum atomic E-state index is 1.02. The first kappa shape index (κ1) is 14.3. The normalized spacial score (nSPS) is 12.2. The molecule has 2 aromatic rings. The molecule has 3 rings (SSSR count). The lowest BCUT2D eigenvalue weighted by atomic mass is 9.92. The molecular formula is C20H22. The van der Waals surface area contributed by atoms with Crippen LogP contribution >= 0.6 is 0 Å². The maximum atomic E-state index is 2.25. The van der Waals surface area contributed by atoms with Gasteiger partial charge in [-0.3, -0.25) is 0 Å². The Bertz CT molecular complexity index is 616. The van der Waals surface area contributed by atoms with E-state index >= 15 is 0 Å². The summed E-state index contributed by atoms with van der Waals surface area (Å²) in [6.45, 7) is 6.18. The first-order valence-corrected chi connectivity index (χ1v) is 7.38. The first-order chi connectivity index (χ1) is 9.86. The molecule has 0 fully saturated rings. The van der Waals surface area contributed by atoms with Crippen LogP contribution in [0.15, 0.2) is 54.6 Å². The summed E-state index contributed by atoms with van der Waals surface area (Å²) in [5.41, 5.74) is 6.64. The lowest BCUT2D eigenvalue weighted by Crippen LogP contribution is -1.90. The Hall–Kier alpha value is -2.08. The highest BCUT2D eigenvalue weighted by atomic mass is 14.1. The molecule has 0 nitrogen and oxygen atoms in total. The second-order valence-corrected chi connectivity index (χ2v) is 4.66. The molecule has 102 valence electrons. The quantitative estimate of drug-likeness (QED) is 0.581. The summed E-state index contributed by atoms with van der Waals surface area (Å²) in [5.74, 6) is 0. The number of rotatable bonds is 1. The van der Waals surface area contributed by atoms with Crippen LogP contribution in [0.1, 0.15) is 37.0 Å². The fraction of sp³-hybridized carbons (Fsp3) is 0.200. The van der Waals surface area contributed by atoms with Gasteiger partial charge < -0.3 is 0 Å². The number of allylic oxidation sites excluding steroid dienone is 2. The molecule has 0 saturated heterocycles. The second-order valence-electron chi connectivity index (χ2n) is 4.66. The van der Waals surface area contributed by atoms with Crippen LogP contribution < -0.4 is 0 Å². The van der Waals surface area contributed by atoms with Gasteiger partial charge in [0.25, 0.3) is 0 Å². The fourth-order valence-electron chi connectivity index (χ4n) is 2.47. The van der Waals surface area contributed by atoms with E-state index in [1.807, 2.05) is 13.8 Å². The highest BCUT2D eigenvalue weighted by Crippen LogP contribution is 2.31. The van der Waals surface area contributed by atoms with Crippen molar-refractivity contribution >= 4 is 12.2 Å². The molecule has 0 amide bonds. The second kappa shape index (κ2) is 6.91. The topological polar surface area (TPSA) is 0 Å². The number of hydrogen-bond acceptors (Lipinski definition) is 0. The molecule has 0 unspecified atom stereocenters. The van der Waals surface area contributed by atoms with Crippen molar-refractivity contribution < 1.29 is 0 Å². The molecule has 0 N–H and O–H groups in total. The molecule has 0 atom stereocenters. The van der Waals surface area contributed by atoms with Crippen LogP contribution in [0.2, 0.25) is 0 Å².